The van der Waals surface area contributed by atoms with Crippen molar-refractivity contribution in [1.82, 2.24) is 14.5 Å². The van der Waals surface area contributed by atoms with Crippen molar-refractivity contribution >= 4 is 16.7 Å². The summed E-state index contributed by atoms with van der Waals surface area (Å²) < 4.78 is 2.35. The van der Waals surface area contributed by atoms with Crippen LogP contribution in [0.15, 0.2) is 36.7 Å². The number of nitrogens with zero attached hydrogens (tertiary/aromatic N) is 3. The molecule has 1 aromatic carbocycles. The highest BCUT2D eigenvalue weighted by atomic mass is 15.1. The largest absolute Gasteiger partial charge is 0.399 e. The maximum absolute atomic E-state index is 5.91. The second-order valence-electron chi connectivity index (χ2n) is 5.47. The summed E-state index contributed by atoms with van der Waals surface area (Å²) in [6.07, 6.45) is 6.13. The highest BCUT2D eigenvalue weighted by molar-refractivity contribution is 5.80. The molecule has 2 heterocycles. The number of fused-ring (bicyclic) bond motifs is 1. The monoisotopic (exact) mass is 264 g/mol. The van der Waals surface area contributed by atoms with E-state index in [-0.39, 0.29) is 0 Å². The molecule has 3 aromatic rings. The van der Waals surface area contributed by atoms with Gasteiger partial charge in [0.15, 0.2) is 0 Å². The topological polar surface area (TPSA) is 56.7 Å². The number of hydrogen-bond donors (Lipinski definition) is 1. The molecular formula is C16H16N4. The van der Waals surface area contributed by atoms with Gasteiger partial charge in [0.2, 0.25) is 0 Å². The van der Waals surface area contributed by atoms with Crippen LogP contribution in [0.25, 0.3) is 22.4 Å². The molecule has 2 aromatic heterocycles. The first-order valence-corrected chi connectivity index (χ1v) is 6.92. The van der Waals surface area contributed by atoms with E-state index in [2.05, 4.69) is 21.7 Å². The summed E-state index contributed by atoms with van der Waals surface area (Å²) in [5.41, 5.74) is 11.1. The molecule has 2 N–H and O–H groups in total. The minimum absolute atomic E-state index is 0.579. The number of aromatic nitrogens is 3. The van der Waals surface area contributed by atoms with Crippen LogP contribution in [0.5, 0.6) is 0 Å². The SMILES string of the molecule is Cc1cc(-c2nc3cnccc3n2C2CC2)ccc1N. The predicted octanol–water partition coefficient (Wildman–Crippen LogP) is 3.32. The Balaban J connectivity index is 1.98. The van der Waals surface area contributed by atoms with Gasteiger partial charge in [-0.1, -0.05) is 0 Å². The Morgan fingerprint density at radius 2 is 2.10 bits per heavy atom. The van der Waals surface area contributed by atoms with Crippen LogP contribution in [-0.2, 0) is 0 Å². The average Bonchev–Trinajstić information content (AvgIpc) is 3.22. The van der Waals surface area contributed by atoms with Crippen molar-refractivity contribution in [3.63, 3.8) is 0 Å². The van der Waals surface area contributed by atoms with Crippen molar-refractivity contribution < 1.29 is 0 Å². The summed E-state index contributed by atoms with van der Waals surface area (Å²) in [7, 11) is 0. The van der Waals surface area contributed by atoms with Crippen LogP contribution in [0.3, 0.4) is 0 Å². The molecule has 1 saturated carbocycles. The molecule has 4 heteroatoms. The van der Waals surface area contributed by atoms with Gasteiger partial charge in [0.25, 0.3) is 0 Å². The molecule has 1 fully saturated rings. The predicted molar refractivity (Wildman–Crippen MR) is 80.4 cm³/mol. The third-order valence-corrected chi connectivity index (χ3v) is 3.93. The first-order chi connectivity index (χ1) is 9.74. The molecule has 0 amide bonds. The molecule has 0 saturated heterocycles. The van der Waals surface area contributed by atoms with E-state index in [0.717, 1.165) is 28.2 Å². The smallest absolute Gasteiger partial charge is 0.141 e. The van der Waals surface area contributed by atoms with Crippen LogP contribution < -0.4 is 5.73 Å². The van der Waals surface area contributed by atoms with Gasteiger partial charge >= 0.3 is 0 Å². The van der Waals surface area contributed by atoms with Gasteiger partial charge in [0, 0.05) is 23.5 Å². The fourth-order valence-corrected chi connectivity index (χ4v) is 2.67. The van der Waals surface area contributed by atoms with E-state index in [1.165, 1.54) is 18.4 Å². The number of nitrogen functional groups attached to an aromatic ring is 1. The summed E-state index contributed by atoms with van der Waals surface area (Å²) in [4.78, 5) is 8.95. The molecule has 0 aliphatic heterocycles. The van der Waals surface area contributed by atoms with Crippen molar-refractivity contribution in [3.8, 4) is 11.4 Å². The zero-order valence-corrected chi connectivity index (χ0v) is 11.4. The van der Waals surface area contributed by atoms with E-state index in [0.29, 0.717) is 6.04 Å². The number of aryl methyl sites for hydroxylation is 1. The average molecular weight is 264 g/mol. The van der Waals surface area contributed by atoms with Gasteiger partial charge in [-0.15, -0.1) is 0 Å². The molecule has 4 nitrogen and oxygen atoms in total. The van der Waals surface area contributed by atoms with Gasteiger partial charge in [0.05, 0.1) is 11.7 Å². The van der Waals surface area contributed by atoms with E-state index in [1.54, 1.807) is 0 Å². The number of imidazole rings is 1. The quantitative estimate of drug-likeness (QED) is 0.722. The third-order valence-electron chi connectivity index (χ3n) is 3.93. The summed E-state index contributed by atoms with van der Waals surface area (Å²) in [6, 6.07) is 8.75. The van der Waals surface area contributed by atoms with E-state index < -0.39 is 0 Å². The molecule has 0 spiro atoms. The Morgan fingerprint density at radius 1 is 1.25 bits per heavy atom. The van der Waals surface area contributed by atoms with Crippen molar-refractivity contribution in [2.45, 2.75) is 25.8 Å². The molecule has 1 aliphatic carbocycles. The molecule has 0 atom stereocenters. The van der Waals surface area contributed by atoms with Crippen molar-refractivity contribution in [2.75, 3.05) is 5.73 Å². The maximum atomic E-state index is 5.91. The summed E-state index contributed by atoms with van der Waals surface area (Å²) in [5, 5.41) is 0. The van der Waals surface area contributed by atoms with E-state index >= 15 is 0 Å². The minimum atomic E-state index is 0.579. The molecule has 1 aliphatic rings. The number of nitrogens with two attached hydrogens (primary N) is 1. The van der Waals surface area contributed by atoms with Gasteiger partial charge < -0.3 is 10.3 Å². The number of benzene rings is 1. The molecule has 0 bridgehead atoms. The Labute approximate surface area is 117 Å². The standard InChI is InChI=1S/C16H16N4/c1-10-8-11(2-5-13(10)17)16-19-14-9-18-7-6-15(14)20(16)12-3-4-12/h2,5-9,12H,3-4,17H2,1H3. The molecule has 0 unspecified atom stereocenters. The van der Waals surface area contributed by atoms with E-state index in [1.807, 2.05) is 31.5 Å². The molecule has 100 valence electrons. The van der Waals surface area contributed by atoms with Crippen molar-refractivity contribution in [2.24, 2.45) is 0 Å². The molecule has 0 radical (unpaired) electrons. The van der Waals surface area contributed by atoms with Crippen LogP contribution in [0.2, 0.25) is 0 Å². The lowest BCUT2D eigenvalue weighted by Crippen LogP contribution is -1.98. The Kier molecular flexibility index (Phi) is 2.33. The van der Waals surface area contributed by atoms with E-state index in [4.69, 9.17) is 10.7 Å². The summed E-state index contributed by atoms with van der Waals surface area (Å²) >= 11 is 0. The van der Waals surface area contributed by atoms with Crippen LogP contribution >= 0.6 is 0 Å². The van der Waals surface area contributed by atoms with Gasteiger partial charge in [-0.2, -0.15) is 0 Å². The maximum Gasteiger partial charge on any atom is 0.141 e. The first-order valence-electron chi connectivity index (χ1n) is 6.92. The first kappa shape index (κ1) is 11.5. The second-order valence-corrected chi connectivity index (χ2v) is 5.47. The number of hydrogen-bond acceptors (Lipinski definition) is 3. The highest BCUT2D eigenvalue weighted by Gasteiger charge is 2.28. The lowest BCUT2D eigenvalue weighted by Gasteiger charge is -2.09. The van der Waals surface area contributed by atoms with Crippen LogP contribution in [0.1, 0.15) is 24.4 Å². The number of pyridine rings is 1. The lowest BCUT2D eigenvalue weighted by molar-refractivity contribution is 0.775. The van der Waals surface area contributed by atoms with Crippen LogP contribution in [0, 0.1) is 6.92 Å². The van der Waals surface area contributed by atoms with Gasteiger partial charge in [-0.25, -0.2) is 4.98 Å². The fourth-order valence-electron chi connectivity index (χ4n) is 2.67. The fraction of sp³-hybridized carbons (Fsp3) is 0.250. The number of rotatable bonds is 2. The summed E-state index contributed by atoms with van der Waals surface area (Å²) in [6.45, 7) is 2.03. The van der Waals surface area contributed by atoms with Gasteiger partial charge in [-0.3, -0.25) is 4.98 Å². The minimum Gasteiger partial charge on any atom is -0.399 e. The zero-order chi connectivity index (χ0) is 13.7. The highest BCUT2D eigenvalue weighted by Crippen LogP contribution is 2.41. The number of anilines is 1. The van der Waals surface area contributed by atoms with Crippen LogP contribution in [-0.4, -0.2) is 14.5 Å². The van der Waals surface area contributed by atoms with Crippen molar-refractivity contribution in [3.05, 3.63) is 42.2 Å². The van der Waals surface area contributed by atoms with Crippen LogP contribution in [0.4, 0.5) is 5.69 Å². The van der Waals surface area contributed by atoms with Gasteiger partial charge in [0.1, 0.15) is 11.3 Å². The lowest BCUT2D eigenvalue weighted by atomic mass is 10.1. The Morgan fingerprint density at radius 3 is 2.85 bits per heavy atom. The summed E-state index contributed by atoms with van der Waals surface area (Å²) in [5.74, 6) is 1.03. The molecule has 4 rings (SSSR count). The Hall–Kier alpha value is -2.36. The Bertz CT molecular complexity index is 799. The van der Waals surface area contributed by atoms with Gasteiger partial charge in [-0.05, 0) is 49.6 Å². The zero-order valence-electron chi connectivity index (χ0n) is 11.4. The van der Waals surface area contributed by atoms with Crippen molar-refractivity contribution in [1.29, 1.82) is 0 Å². The van der Waals surface area contributed by atoms with E-state index in [9.17, 15) is 0 Å². The third kappa shape index (κ3) is 1.68. The normalized spacial score (nSPS) is 14.8. The molecular weight excluding hydrogens is 248 g/mol. The molecule has 20 heavy (non-hydrogen) atoms. The second kappa shape index (κ2) is 4.07.